The molecule has 2 rings (SSSR count). The summed E-state index contributed by atoms with van der Waals surface area (Å²) < 4.78 is 29.9. The number of rotatable bonds is 6. The van der Waals surface area contributed by atoms with Gasteiger partial charge in [0.05, 0.1) is 6.54 Å². The lowest BCUT2D eigenvalue weighted by Crippen LogP contribution is -2.36. The fraction of sp³-hybridized carbons (Fsp3) is 0.500. The maximum Gasteiger partial charge on any atom is 0.387 e. The number of hydrogen-bond donors (Lipinski definition) is 1. The Morgan fingerprint density at radius 3 is 2.76 bits per heavy atom. The predicted molar refractivity (Wildman–Crippen MR) is 78.3 cm³/mol. The zero-order valence-electron chi connectivity index (χ0n) is 11.4. The summed E-state index contributed by atoms with van der Waals surface area (Å²) in [5.74, 6) is 0.160. The van der Waals surface area contributed by atoms with Gasteiger partial charge in [0.15, 0.2) is 0 Å². The molecule has 1 aromatic rings. The molecule has 1 saturated heterocycles. The van der Waals surface area contributed by atoms with Crippen LogP contribution in [0.3, 0.4) is 0 Å². The standard InChI is InChI=1S/C14H17BrF2N2O2/c15-11-3-4-12(21-14(16)17)10(7-11)8-18-9-13(20)19-5-1-2-6-19/h3-4,7,14,18H,1-2,5-6,8-9H2. The Labute approximate surface area is 130 Å². The second-order valence-corrected chi connectivity index (χ2v) is 5.74. The molecule has 1 heterocycles. The van der Waals surface area contributed by atoms with Gasteiger partial charge in [-0.15, -0.1) is 0 Å². The molecule has 0 spiro atoms. The maximum absolute atomic E-state index is 12.3. The van der Waals surface area contributed by atoms with Crippen molar-refractivity contribution in [2.24, 2.45) is 0 Å². The van der Waals surface area contributed by atoms with Gasteiger partial charge in [0.25, 0.3) is 0 Å². The lowest BCUT2D eigenvalue weighted by Gasteiger charge is -2.16. The quantitative estimate of drug-likeness (QED) is 0.845. The van der Waals surface area contributed by atoms with Crippen LogP contribution in [0.1, 0.15) is 18.4 Å². The molecule has 0 atom stereocenters. The Bertz CT molecular complexity index is 494. The van der Waals surface area contributed by atoms with Gasteiger partial charge in [0.1, 0.15) is 5.75 Å². The summed E-state index contributed by atoms with van der Waals surface area (Å²) in [7, 11) is 0. The molecule has 1 aliphatic rings. The normalized spacial score (nSPS) is 14.8. The molecule has 1 aromatic carbocycles. The lowest BCUT2D eigenvalue weighted by molar-refractivity contribution is -0.129. The van der Waals surface area contributed by atoms with E-state index < -0.39 is 6.61 Å². The molecule has 21 heavy (non-hydrogen) atoms. The van der Waals surface area contributed by atoms with E-state index >= 15 is 0 Å². The number of alkyl halides is 2. The van der Waals surface area contributed by atoms with E-state index in [1.54, 1.807) is 12.1 Å². The van der Waals surface area contributed by atoms with E-state index in [1.807, 2.05) is 4.90 Å². The van der Waals surface area contributed by atoms with Gasteiger partial charge >= 0.3 is 6.61 Å². The Morgan fingerprint density at radius 1 is 1.38 bits per heavy atom. The summed E-state index contributed by atoms with van der Waals surface area (Å²) in [6.07, 6.45) is 2.09. The van der Waals surface area contributed by atoms with Gasteiger partial charge in [0.2, 0.25) is 5.91 Å². The van der Waals surface area contributed by atoms with Crippen LogP contribution in [0, 0.1) is 0 Å². The van der Waals surface area contributed by atoms with Crippen LogP contribution >= 0.6 is 15.9 Å². The monoisotopic (exact) mass is 362 g/mol. The lowest BCUT2D eigenvalue weighted by atomic mass is 10.2. The number of benzene rings is 1. The van der Waals surface area contributed by atoms with Crippen molar-refractivity contribution >= 4 is 21.8 Å². The highest BCUT2D eigenvalue weighted by molar-refractivity contribution is 9.10. The van der Waals surface area contributed by atoms with Crippen molar-refractivity contribution in [3.63, 3.8) is 0 Å². The highest BCUT2D eigenvalue weighted by Gasteiger charge is 2.17. The Morgan fingerprint density at radius 2 is 2.10 bits per heavy atom. The number of likely N-dealkylation sites (tertiary alicyclic amines) is 1. The third-order valence-corrected chi connectivity index (χ3v) is 3.78. The molecule has 7 heteroatoms. The molecule has 0 aromatic heterocycles. The van der Waals surface area contributed by atoms with Gasteiger partial charge in [0, 0.05) is 29.7 Å². The van der Waals surface area contributed by atoms with Crippen molar-refractivity contribution in [2.75, 3.05) is 19.6 Å². The molecule has 0 aliphatic carbocycles. The number of hydrogen-bond acceptors (Lipinski definition) is 3. The van der Waals surface area contributed by atoms with Crippen molar-refractivity contribution < 1.29 is 18.3 Å². The van der Waals surface area contributed by atoms with Gasteiger partial charge in [-0.2, -0.15) is 8.78 Å². The highest BCUT2D eigenvalue weighted by Crippen LogP contribution is 2.24. The maximum atomic E-state index is 12.3. The minimum Gasteiger partial charge on any atom is -0.434 e. The highest BCUT2D eigenvalue weighted by atomic mass is 79.9. The van der Waals surface area contributed by atoms with E-state index in [9.17, 15) is 13.6 Å². The van der Waals surface area contributed by atoms with Crippen LogP contribution in [0.15, 0.2) is 22.7 Å². The minimum absolute atomic E-state index is 0.0406. The molecule has 0 unspecified atom stereocenters. The molecule has 1 fully saturated rings. The number of nitrogens with zero attached hydrogens (tertiary/aromatic N) is 1. The molecule has 1 N–H and O–H groups in total. The van der Waals surface area contributed by atoms with E-state index in [0.717, 1.165) is 30.4 Å². The van der Waals surface area contributed by atoms with Crippen molar-refractivity contribution in [1.82, 2.24) is 10.2 Å². The summed E-state index contributed by atoms with van der Waals surface area (Å²) in [6.45, 7) is -0.771. The van der Waals surface area contributed by atoms with Gasteiger partial charge in [-0.1, -0.05) is 15.9 Å². The SMILES string of the molecule is O=C(CNCc1cc(Br)ccc1OC(F)F)N1CCCC1. The van der Waals surface area contributed by atoms with E-state index in [4.69, 9.17) is 0 Å². The molecule has 1 aliphatic heterocycles. The van der Waals surface area contributed by atoms with Gasteiger partial charge in [-0.3, -0.25) is 4.79 Å². The first-order valence-corrected chi connectivity index (χ1v) is 7.57. The van der Waals surface area contributed by atoms with Crippen LogP contribution in [0.4, 0.5) is 8.78 Å². The fourth-order valence-corrected chi connectivity index (χ4v) is 2.69. The zero-order valence-corrected chi connectivity index (χ0v) is 13.0. The van der Waals surface area contributed by atoms with Crippen molar-refractivity contribution in [3.05, 3.63) is 28.2 Å². The average molecular weight is 363 g/mol. The third kappa shape index (κ3) is 4.93. The summed E-state index contributed by atoms with van der Waals surface area (Å²) in [5.41, 5.74) is 0.582. The van der Waals surface area contributed by atoms with E-state index in [0.29, 0.717) is 12.1 Å². The third-order valence-electron chi connectivity index (χ3n) is 3.29. The Kier molecular flexibility index (Phi) is 5.93. The van der Waals surface area contributed by atoms with Crippen LogP contribution in [-0.2, 0) is 11.3 Å². The number of amides is 1. The first-order valence-electron chi connectivity index (χ1n) is 6.78. The molecule has 1 amide bonds. The molecule has 4 nitrogen and oxygen atoms in total. The number of carbonyl (C=O) groups is 1. The molecule has 0 bridgehead atoms. The molecule has 0 radical (unpaired) electrons. The number of halogens is 3. The van der Waals surface area contributed by atoms with E-state index in [1.165, 1.54) is 6.07 Å². The van der Waals surface area contributed by atoms with Crippen LogP contribution in [0.25, 0.3) is 0 Å². The number of ether oxygens (including phenoxy) is 1. The fourth-order valence-electron chi connectivity index (χ4n) is 2.28. The molecule has 0 saturated carbocycles. The van der Waals surface area contributed by atoms with Gasteiger partial charge in [-0.05, 0) is 31.0 Å². The van der Waals surface area contributed by atoms with Crippen LogP contribution in [-0.4, -0.2) is 37.1 Å². The smallest absolute Gasteiger partial charge is 0.387 e. The minimum atomic E-state index is -2.86. The predicted octanol–water partition coefficient (Wildman–Crippen LogP) is 2.76. The molecular weight excluding hydrogens is 346 g/mol. The van der Waals surface area contributed by atoms with Gasteiger partial charge < -0.3 is 15.0 Å². The summed E-state index contributed by atoms with van der Waals surface area (Å²) in [5, 5.41) is 2.98. The first kappa shape index (κ1) is 16.2. The van der Waals surface area contributed by atoms with Crippen LogP contribution < -0.4 is 10.1 Å². The number of nitrogens with one attached hydrogen (secondary N) is 1. The Balaban J connectivity index is 1.89. The van der Waals surface area contributed by atoms with Crippen molar-refractivity contribution in [3.8, 4) is 5.75 Å². The van der Waals surface area contributed by atoms with E-state index in [2.05, 4.69) is 26.0 Å². The van der Waals surface area contributed by atoms with Crippen LogP contribution in [0.2, 0.25) is 0 Å². The summed E-state index contributed by atoms with van der Waals surface area (Å²) in [4.78, 5) is 13.7. The second kappa shape index (κ2) is 7.70. The summed E-state index contributed by atoms with van der Waals surface area (Å²) >= 11 is 3.29. The Hall–Kier alpha value is -1.21. The van der Waals surface area contributed by atoms with E-state index in [-0.39, 0.29) is 18.2 Å². The topological polar surface area (TPSA) is 41.6 Å². The average Bonchev–Trinajstić information content (AvgIpc) is 2.95. The van der Waals surface area contributed by atoms with Crippen LogP contribution in [0.5, 0.6) is 5.75 Å². The molecular formula is C14H17BrF2N2O2. The van der Waals surface area contributed by atoms with Gasteiger partial charge in [-0.25, -0.2) is 0 Å². The second-order valence-electron chi connectivity index (χ2n) is 4.82. The number of carbonyl (C=O) groups excluding carboxylic acids is 1. The zero-order chi connectivity index (χ0) is 15.2. The summed E-state index contributed by atoms with van der Waals surface area (Å²) in [6, 6.07) is 4.82. The first-order chi connectivity index (χ1) is 10.1. The van der Waals surface area contributed by atoms with Crippen molar-refractivity contribution in [2.45, 2.75) is 26.0 Å². The van der Waals surface area contributed by atoms with Crippen molar-refractivity contribution in [1.29, 1.82) is 0 Å². The largest absolute Gasteiger partial charge is 0.434 e. The molecule has 116 valence electrons.